The number of sulfone groups is 1. The van der Waals surface area contributed by atoms with Gasteiger partial charge in [0.25, 0.3) is 0 Å². The standard InChI is InChI=1S/C69H124N12O14S/c1-26-30-32-45(15)58(82)57-61(85)71-49(27-2)63(87)77(23)54(39-96(94,95)34-31-33-80(28-3)29-4)66(90)73(19)50(35-40(5)6)60(84)72-55(43(11)12)68(92)76(22)53-38-46(16)81(67(53)91)48(18)59(83)70-47(17)62(86)74(20)51(36-41(7)8)64(88)75(21)52(37-42(9)10)65(89)78(24)56(44(13)14)69(93)79(57)25/h26,30,40-58,82H,27-29,31-39H2,1-25H3,(H,70,83)(H,71,85)(H,72,84)/b30-26+/t45-,46?,47-,48+,49+,50+,51+,52+,53+,54-,55+,56+,57+,58-/m1/s1. The Hall–Kier alpha value is -6.22. The third-order valence-corrected chi connectivity index (χ3v) is 21.0. The fourth-order valence-electron chi connectivity index (χ4n) is 13.0. The summed E-state index contributed by atoms with van der Waals surface area (Å²) < 4.78 is 28.8. The molecule has 2 heterocycles. The fraction of sp³-hybridized carbons (Fsp3) is 0.812. The Morgan fingerprint density at radius 2 is 1.00 bits per heavy atom. The van der Waals surface area contributed by atoms with E-state index in [1.807, 2.05) is 46.4 Å². The molecule has 2 rings (SSSR count). The number of allylic oxidation sites excluding steroid dienone is 2. The lowest BCUT2D eigenvalue weighted by molar-refractivity contribution is -0.157. The molecule has 4 N–H and O–H groups in total. The van der Waals surface area contributed by atoms with Crippen molar-refractivity contribution < 1.29 is 66.3 Å². The summed E-state index contributed by atoms with van der Waals surface area (Å²) in [5.74, 6) is -12.1. The van der Waals surface area contributed by atoms with Gasteiger partial charge in [0.05, 0.1) is 17.6 Å². The first kappa shape index (κ1) is 85.9. The van der Waals surface area contributed by atoms with Crippen LogP contribution < -0.4 is 16.0 Å². The quantitative estimate of drug-likeness (QED) is 0.120. The number of nitrogens with one attached hydrogen (secondary N) is 3. The van der Waals surface area contributed by atoms with E-state index >= 15 is 28.8 Å². The smallest absolute Gasteiger partial charge is 0.246 e. The molecule has 0 aromatic carbocycles. The largest absolute Gasteiger partial charge is 0.390 e. The first-order valence-electron chi connectivity index (χ1n) is 34.7. The van der Waals surface area contributed by atoms with Crippen molar-refractivity contribution in [1.29, 1.82) is 0 Å². The van der Waals surface area contributed by atoms with Gasteiger partial charge in [-0.05, 0) is 128 Å². The molecule has 2 aliphatic heterocycles. The molecule has 26 nitrogen and oxygen atoms in total. The van der Waals surface area contributed by atoms with Gasteiger partial charge in [0.15, 0.2) is 9.84 Å². The zero-order valence-corrected chi connectivity index (χ0v) is 63.6. The Morgan fingerprint density at radius 1 is 0.531 bits per heavy atom. The summed E-state index contributed by atoms with van der Waals surface area (Å²) in [5, 5.41) is 20.6. The fourth-order valence-corrected chi connectivity index (χ4v) is 14.6. The number of hydrogen-bond acceptors (Lipinski definition) is 15. The van der Waals surface area contributed by atoms with E-state index in [4.69, 9.17) is 0 Å². The third-order valence-electron chi connectivity index (χ3n) is 19.2. The summed E-state index contributed by atoms with van der Waals surface area (Å²) >= 11 is 0. The maximum Gasteiger partial charge on any atom is 0.246 e. The molecule has 11 amide bonds. The Kier molecular flexibility index (Phi) is 34.2. The van der Waals surface area contributed by atoms with E-state index in [9.17, 15) is 37.5 Å². The zero-order chi connectivity index (χ0) is 74.0. The van der Waals surface area contributed by atoms with Crippen LogP contribution in [0.4, 0.5) is 0 Å². The number of carbonyl (C=O) groups excluding carboxylic acids is 11. The van der Waals surface area contributed by atoms with Crippen molar-refractivity contribution in [3.63, 3.8) is 0 Å². The number of aliphatic hydroxyl groups is 1. The summed E-state index contributed by atoms with van der Waals surface area (Å²) in [6, 6.07) is -15.5. The normalized spacial score (nSPS) is 27.5. The van der Waals surface area contributed by atoms with E-state index in [-0.39, 0.29) is 68.5 Å². The predicted molar refractivity (Wildman–Crippen MR) is 372 cm³/mol. The number of fused-ring (bicyclic) bond motifs is 2. The Morgan fingerprint density at radius 3 is 1.48 bits per heavy atom. The van der Waals surface area contributed by atoms with Crippen molar-refractivity contribution in [3.8, 4) is 0 Å². The van der Waals surface area contributed by atoms with Gasteiger partial charge in [0.1, 0.15) is 66.5 Å². The summed E-state index contributed by atoms with van der Waals surface area (Å²) in [4.78, 5) is 176. The first-order valence-corrected chi connectivity index (χ1v) is 36.6. The van der Waals surface area contributed by atoms with Crippen LogP contribution in [0.2, 0.25) is 0 Å². The van der Waals surface area contributed by atoms with Crippen LogP contribution in [-0.2, 0) is 62.6 Å². The van der Waals surface area contributed by atoms with Crippen LogP contribution in [-0.4, -0.2) is 282 Å². The lowest BCUT2D eigenvalue weighted by Crippen LogP contribution is -2.64. The van der Waals surface area contributed by atoms with Gasteiger partial charge in [-0.1, -0.05) is 109 Å². The summed E-state index contributed by atoms with van der Waals surface area (Å²) in [6.07, 6.45) is 2.58. The Balaban J connectivity index is 3.15. The molecule has 0 aromatic rings. The Bertz CT molecular complexity index is 2810. The van der Waals surface area contributed by atoms with Crippen molar-refractivity contribution in [3.05, 3.63) is 12.2 Å². The van der Waals surface area contributed by atoms with Crippen molar-refractivity contribution in [2.75, 3.05) is 80.5 Å². The van der Waals surface area contributed by atoms with Crippen molar-refractivity contribution >= 4 is 74.8 Å². The topological polar surface area (TPSA) is 307 Å². The minimum absolute atomic E-state index is 0.00185. The monoisotopic (exact) mass is 1380 g/mol. The number of rotatable bonds is 21. The van der Waals surface area contributed by atoms with Crippen LogP contribution in [0.1, 0.15) is 170 Å². The van der Waals surface area contributed by atoms with E-state index in [1.54, 1.807) is 81.4 Å². The van der Waals surface area contributed by atoms with Gasteiger partial charge in [0, 0.05) is 55.4 Å². The van der Waals surface area contributed by atoms with Gasteiger partial charge in [-0.15, -0.1) is 0 Å². The summed E-state index contributed by atoms with van der Waals surface area (Å²) in [5.41, 5.74) is 0. The molecule has 2 saturated heterocycles. The molecule has 0 aliphatic carbocycles. The van der Waals surface area contributed by atoms with Gasteiger partial charge < -0.3 is 65.2 Å². The number of carbonyl (C=O) groups is 11. The average Bonchev–Trinajstić information content (AvgIpc) is 1.17. The second kappa shape index (κ2) is 38.2. The molecule has 2 bridgehead atoms. The summed E-state index contributed by atoms with van der Waals surface area (Å²) in [6.45, 7) is 33.2. The SMILES string of the molecule is C/C=C/C[C@@H](C)[C@@H](O)[C@H]1C(=O)N[C@@H](CC)C(=O)N(C)[C@H](CS(=O)(=O)CCCN(CC)CC)C(=O)N(C)[C@@H](CC(C)C)C(=O)N[C@@H](C(C)C)C(=O)N(C)[C@H]2CC(C)N(C2=O)[C@@H](C)C(=O)N[C@H](C)C(=O)N(C)[C@@H](CC(C)C)C(=O)N(C)[C@@H](CC(C)C)C(=O)N(C)[C@@H](C(C)C)C(=O)N1C. The third kappa shape index (κ3) is 22.4. The van der Waals surface area contributed by atoms with E-state index in [2.05, 4.69) is 16.0 Å². The average molecular weight is 1380 g/mol. The highest BCUT2D eigenvalue weighted by atomic mass is 32.2. The van der Waals surface area contributed by atoms with Gasteiger partial charge in [-0.25, -0.2) is 8.42 Å². The lowest BCUT2D eigenvalue weighted by atomic mass is 9.91. The molecule has 0 radical (unpaired) electrons. The molecule has 2 fully saturated rings. The number of aliphatic hydroxyl groups excluding tert-OH is 1. The van der Waals surface area contributed by atoms with E-state index in [1.165, 1.54) is 87.7 Å². The van der Waals surface area contributed by atoms with Crippen LogP contribution in [0.25, 0.3) is 0 Å². The highest BCUT2D eigenvalue weighted by Crippen LogP contribution is 2.29. The summed E-state index contributed by atoms with van der Waals surface area (Å²) in [7, 11) is 5.39. The van der Waals surface area contributed by atoms with Gasteiger partial charge in [-0.3, -0.25) is 52.7 Å². The molecular formula is C69H124N12O14S. The van der Waals surface area contributed by atoms with Gasteiger partial charge in [0.2, 0.25) is 65.0 Å². The lowest BCUT2D eigenvalue weighted by Gasteiger charge is -2.41. The van der Waals surface area contributed by atoms with E-state index in [0.717, 1.165) is 14.7 Å². The molecule has 96 heavy (non-hydrogen) atoms. The van der Waals surface area contributed by atoms with Crippen LogP contribution in [0.3, 0.4) is 0 Å². The van der Waals surface area contributed by atoms with Crippen LogP contribution in [0.5, 0.6) is 0 Å². The molecule has 1 unspecified atom stereocenters. The molecule has 27 heteroatoms. The van der Waals surface area contributed by atoms with Gasteiger partial charge >= 0.3 is 0 Å². The molecule has 0 spiro atoms. The van der Waals surface area contributed by atoms with Crippen molar-refractivity contribution in [2.24, 2.45) is 35.5 Å². The second-order valence-corrected chi connectivity index (χ2v) is 31.2. The van der Waals surface area contributed by atoms with E-state index in [0.29, 0.717) is 19.6 Å². The first-order chi connectivity index (χ1) is 44.4. The van der Waals surface area contributed by atoms with E-state index < -0.39 is 177 Å². The predicted octanol–water partition coefficient (Wildman–Crippen LogP) is 3.24. The highest BCUT2D eigenvalue weighted by molar-refractivity contribution is 7.91. The molecular weight excluding hydrogens is 1250 g/mol. The van der Waals surface area contributed by atoms with Crippen LogP contribution in [0.15, 0.2) is 12.2 Å². The zero-order valence-electron chi connectivity index (χ0n) is 62.8. The maximum absolute atomic E-state index is 15.4. The molecule has 0 aromatic heterocycles. The van der Waals surface area contributed by atoms with Gasteiger partial charge in [-0.2, -0.15) is 0 Å². The molecule has 14 atom stereocenters. The Labute approximate surface area is 575 Å². The van der Waals surface area contributed by atoms with Crippen LogP contribution in [0, 0.1) is 35.5 Å². The number of amides is 11. The number of likely N-dealkylation sites (N-methyl/N-ethyl adjacent to an activating group) is 7. The maximum atomic E-state index is 15.4. The minimum atomic E-state index is -4.19. The van der Waals surface area contributed by atoms with Crippen molar-refractivity contribution in [1.82, 2.24) is 60.0 Å². The van der Waals surface area contributed by atoms with Crippen molar-refractivity contribution in [2.45, 2.75) is 248 Å². The molecule has 2 aliphatic rings. The molecule has 0 saturated carbocycles. The number of hydrogen-bond donors (Lipinski definition) is 4. The highest BCUT2D eigenvalue weighted by Gasteiger charge is 2.49. The molecule has 550 valence electrons. The second-order valence-electron chi connectivity index (χ2n) is 28.9. The van der Waals surface area contributed by atoms with Crippen LogP contribution >= 0.6 is 0 Å². The minimum Gasteiger partial charge on any atom is -0.390 e. The number of nitrogens with zero attached hydrogens (tertiary/aromatic N) is 9.